The highest BCUT2D eigenvalue weighted by molar-refractivity contribution is 5.95. The standard InChI is InChI=1S/C22H25F3N6O2/c23-22(24,25)12-31-17-5-3-4-16(26)15(17)9-18(31)20-28-19(33-29-20)10-27-21(32)14-8-13(14)11-30-6-1-2-7-30/h3-5,9,13-14H,1-2,6-8,10-12,26H2,(H,27,32)/t13-,14+/m0/s1. The number of likely N-dealkylation sites (tertiary alicyclic amines) is 1. The van der Waals surface area contributed by atoms with Crippen LogP contribution in [0.25, 0.3) is 22.4 Å². The van der Waals surface area contributed by atoms with Gasteiger partial charge in [-0.3, -0.25) is 4.79 Å². The van der Waals surface area contributed by atoms with Gasteiger partial charge in [-0.1, -0.05) is 11.2 Å². The summed E-state index contributed by atoms with van der Waals surface area (Å²) in [5, 5.41) is 7.14. The van der Waals surface area contributed by atoms with Crippen LogP contribution in [0.1, 0.15) is 25.2 Å². The molecule has 1 aromatic carbocycles. The molecule has 1 saturated heterocycles. The largest absolute Gasteiger partial charge is 0.406 e. The lowest BCUT2D eigenvalue weighted by molar-refractivity contribution is -0.139. The normalized spacial score (nSPS) is 21.1. The Balaban J connectivity index is 1.27. The van der Waals surface area contributed by atoms with E-state index in [4.69, 9.17) is 10.3 Å². The Bertz CT molecular complexity index is 1160. The fourth-order valence-electron chi connectivity index (χ4n) is 4.63. The lowest BCUT2D eigenvalue weighted by atomic mass is 10.2. The molecule has 8 nitrogen and oxygen atoms in total. The monoisotopic (exact) mass is 462 g/mol. The van der Waals surface area contributed by atoms with Crippen LogP contribution in [0.2, 0.25) is 0 Å². The van der Waals surface area contributed by atoms with Gasteiger partial charge >= 0.3 is 6.18 Å². The Labute approximate surface area is 187 Å². The summed E-state index contributed by atoms with van der Waals surface area (Å²) in [6, 6.07) is 6.31. The van der Waals surface area contributed by atoms with Gasteiger partial charge in [0.25, 0.3) is 0 Å². The number of aromatic nitrogens is 3. The van der Waals surface area contributed by atoms with Gasteiger partial charge in [0, 0.05) is 23.5 Å². The van der Waals surface area contributed by atoms with E-state index in [1.807, 2.05) is 0 Å². The maximum atomic E-state index is 13.2. The van der Waals surface area contributed by atoms with E-state index >= 15 is 0 Å². The zero-order valence-corrected chi connectivity index (χ0v) is 17.9. The molecule has 3 N–H and O–H groups in total. The lowest BCUT2D eigenvalue weighted by Gasteiger charge is -2.13. The van der Waals surface area contributed by atoms with Crippen LogP contribution in [-0.2, 0) is 17.9 Å². The maximum absolute atomic E-state index is 13.2. The molecule has 2 atom stereocenters. The Morgan fingerprint density at radius 1 is 1.27 bits per heavy atom. The summed E-state index contributed by atoms with van der Waals surface area (Å²) in [6.07, 6.45) is -1.13. The van der Waals surface area contributed by atoms with Gasteiger partial charge in [-0.05, 0) is 56.5 Å². The second-order valence-electron chi connectivity index (χ2n) is 8.85. The molecule has 5 rings (SSSR count). The molecule has 2 aromatic heterocycles. The van der Waals surface area contributed by atoms with E-state index in [2.05, 4.69) is 20.4 Å². The third kappa shape index (κ3) is 4.68. The summed E-state index contributed by atoms with van der Waals surface area (Å²) < 4.78 is 46.0. The number of amides is 1. The third-order valence-corrected chi connectivity index (χ3v) is 6.38. The summed E-state index contributed by atoms with van der Waals surface area (Å²) in [5.74, 6) is 0.456. The second kappa shape index (κ2) is 8.36. The van der Waals surface area contributed by atoms with E-state index in [-0.39, 0.29) is 35.8 Å². The SMILES string of the molecule is Nc1cccc2c1cc(-c1noc(CNC(=O)[C@@H]3C[C@H]3CN3CCCC3)n1)n2CC(F)(F)F. The fourth-order valence-corrected chi connectivity index (χ4v) is 4.63. The second-order valence-corrected chi connectivity index (χ2v) is 8.85. The van der Waals surface area contributed by atoms with Crippen LogP contribution < -0.4 is 11.1 Å². The quantitative estimate of drug-likeness (QED) is 0.523. The minimum absolute atomic E-state index is 0.00900. The molecule has 1 amide bonds. The summed E-state index contributed by atoms with van der Waals surface area (Å²) in [4.78, 5) is 19.1. The summed E-state index contributed by atoms with van der Waals surface area (Å²) >= 11 is 0. The van der Waals surface area contributed by atoms with Crippen molar-refractivity contribution in [2.75, 3.05) is 25.4 Å². The number of rotatable bonds is 7. The number of nitrogen functional groups attached to an aromatic ring is 1. The van der Waals surface area contributed by atoms with E-state index in [0.717, 1.165) is 30.6 Å². The van der Waals surface area contributed by atoms with E-state index in [1.165, 1.54) is 18.9 Å². The predicted molar refractivity (Wildman–Crippen MR) is 115 cm³/mol. The summed E-state index contributed by atoms with van der Waals surface area (Å²) in [7, 11) is 0. The highest BCUT2D eigenvalue weighted by atomic mass is 19.4. The molecule has 3 aromatic rings. The summed E-state index contributed by atoms with van der Waals surface area (Å²) in [5.41, 5.74) is 6.79. The number of carbonyl (C=O) groups excluding carboxylic acids is 1. The third-order valence-electron chi connectivity index (χ3n) is 6.38. The number of benzene rings is 1. The molecule has 1 aliphatic heterocycles. The van der Waals surface area contributed by atoms with Crippen molar-refractivity contribution in [3.63, 3.8) is 0 Å². The maximum Gasteiger partial charge on any atom is 0.406 e. The molecule has 2 fully saturated rings. The Morgan fingerprint density at radius 3 is 2.82 bits per heavy atom. The van der Waals surface area contributed by atoms with Crippen molar-refractivity contribution >= 4 is 22.5 Å². The molecule has 0 spiro atoms. The Kier molecular flexibility index (Phi) is 5.51. The van der Waals surface area contributed by atoms with Crippen LogP contribution in [0.15, 0.2) is 28.8 Å². The van der Waals surface area contributed by atoms with Gasteiger partial charge in [0.2, 0.25) is 17.6 Å². The fraction of sp³-hybridized carbons (Fsp3) is 0.500. The first-order chi connectivity index (χ1) is 15.8. The van der Waals surface area contributed by atoms with E-state index in [0.29, 0.717) is 22.5 Å². The van der Waals surface area contributed by atoms with Crippen molar-refractivity contribution in [3.8, 4) is 11.5 Å². The Morgan fingerprint density at radius 2 is 2.06 bits per heavy atom. The van der Waals surface area contributed by atoms with Crippen molar-refractivity contribution in [2.45, 2.75) is 38.5 Å². The highest BCUT2D eigenvalue weighted by Gasteiger charge is 2.43. The number of halogens is 3. The van der Waals surface area contributed by atoms with E-state index < -0.39 is 12.7 Å². The average molecular weight is 462 g/mol. The molecule has 0 unspecified atom stereocenters. The highest BCUT2D eigenvalue weighted by Crippen LogP contribution is 2.40. The number of nitrogens with one attached hydrogen (secondary N) is 1. The first kappa shape index (κ1) is 21.7. The molecular formula is C22H25F3N6O2. The van der Waals surface area contributed by atoms with Crippen molar-refractivity contribution in [1.82, 2.24) is 24.9 Å². The van der Waals surface area contributed by atoms with Crippen LogP contribution in [-0.4, -0.2) is 51.3 Å². The van der Waals surface area contributed by atoms with Gasteiger partial charge in [0.1, 0.15) is 6.54 Å². The van der Waals surface area contributed by atoms with Crippen molar-refractivity contribution in [3.05, 3.63) is 30.2 Å². The van der Waals surface area contributed by atoms with Gasteiger partial charge in [-0.2, -0.15) is 18.2 Å². The average Bonchev–Trinajstić information content (AvgIpc) is 3.13. The molecule has 2 aliphatic rings. The van der Waals surface area contributed by atoms with Crippen LogP contribution in [0.4, 0.5) is 18.9 Å². The molecule has 0 radical (unpaired) electrons. The number of alkyl halides is 3. The molecule has 3 heterocycles. The van der Waals surface area contributed by atoms with E-state index in [1.54, 1.807) is 18.2 Å². The lowest BCUT2D eigenvalue weighted by Crippen LogP contribution is -2.28. The first-order valence-electron chi connectivity index (χ1n) is 11.1. The zero-order chi connectivity index (χ0) is 23.2. The smallest absolute Gasteiger partial charge is 0.398 e. The van der Waals surface area contributed by atoms with Crippen molar-refractivity contribution < 1.29 is 22.5 Å². The van der Waals surface area contributed by atoms with Gasteiger partial charge in [-0.15, -0.1) is 0 Å². The molecule has 0 bridgehead atoms. The van der Waals surface area contributed by atoms with E-state index in [9.17, 15) is 18.0 Å². The molecular weight excluding hydrogens is 437 g/mol. The first-order valence-corrected chi connectivity index (χ1v) is 11.1. The van der Waals surface area contributed by atoms with Gasteiger partial charge in [0.05, 0.1) is 17.8 Å². The molecule has 1 saturated carbocycles. The topological polar surface area (TPSA) is 102 Å². The minimum atomic E-state index is -4.44. The zero-order valence-electron chi connectivity index (χ0n) is 17.9. The molecule has 1 aliphatic carbocycles. The Hall–Kier alpha value is -3.08. The van der Waals surface area contributed by atoms with Gasteiger partial charge in [0.15, 0.2) is 0 Å². The number of nitrogens with two attached hydrogens (primary N) is 1. The van der Waals surface area contributed by atoms with Crippen LogP contribution in [0.5, 0.6) is 0 Å². The molecule has 176 valence electrons. The summed E-state index contributed by atoms with van der Waals surface area (Å²) in [6.45, 7) is 1.98. The number of carbonyl (C=O) groups is 1. The minimum Gasteiger partial charge on any atom is -0.398 e. The van der Waals surface area contributed by atoms with Crippen molar-refractivity contribution in [2.24, 2.45) is 11.8 Å². The van der Waals surface area contributed by atoms with Crippen molar-refractivity contribution in [1.29, 1.82) is 0 Å². The molecule has 11 heteroatoms. The van der Waals surface area contributed by atoms with Gasteiger partial charge in [-0.25, -0.2) is 0 Å². The number of hydrogen-bond donors (Lipinski definition) is 2. The predicted octanol–water partition coefficient (Wildman–Crippen LogP) is 3.18. The van der Waals surface area contributed by atoms with Crippen LogP contribution in [0.3, 0.4) is 0 Å². The van der Waals surface area contributed by atoms with Crippen LogP contribution >= 0.6 is 0 Å². The number of fused-ring (bicyclic) bond motifs is 1. The number of nitrogens with zero attached hydrogens (tertiary/aromatic N) is 4. The number of anilines is 1. The number of hydrogen-bond acceptors (Lipinski definition) is 6. The van der Waals surface area contributed by atoms with Crippen LogP contribution in [0, 0.1) is 11.8 Å². The van der Waals surface area contributed by atoms with Gasteiger partial charge < -0.3 is 25.0 Å². The molecule has 33 heavy (non-hydrogen) atoms.